The molecule has 5 nitrogen and oxygen atoms in total. The van der Waals surface area contributed by atoms with Crippen LogP contribution in [-0.4, -0.2) is 54.6 Å². The molecule has 3 aromatic rings. The maximum atomic E-state index is 14.3. The van der Waals surface area contributed by atoms with Gasteiger partial charge < -0.3 is 14.8 Å². The van der Waals surface area contributed by atoms with Crippen LogP contribution in [0.15, 0.2) is 60.7 Å². The summed E-state index contributed by atoms with van der Waals surface area (Å²) in [5.41, 5.74) is 3.91. The average Bonchev–Trinajstić information content (AvgIpc) is 3.09. The number of hydrogen-bond acceptors (Lipinski definition) is 3. The van der Waals surface area contributed by atoms with Crippen molar-refractivity contribution in [2.75, 3.05) is 44.2 Å². The third-order valence-electron chi connectivity index (χ3n) is 5.98. The third-order valence-corrected chi connectivity index (χ3v) is 5.98. The molecule has 1 fully saturated rings. The smallest absolute Gasteiger partial charge is 0.253 e. The summed E-state index contributed by atoms with van der Waals surface area (Å²) >= 11 is 0. The molecule has 1 aromatic heterocycles. The van der Waals surface area contributed by atoms with E-state index in [2.05, 4.69) is 39.4 Å². The Morgan fingerprint density at radius 3 is 2.35 bits per heavy atom. The molecule has 2 heterocycles. The van der Waals surface area contributed by atoms with Crippen LogP contribution in [0.3, 0.4) is 0 Å². The van der Waals surface area contributed by atoms with Gasteiger partial charge in [0, 0.05) is 56.3 Å². The molecule has 1 N–H and O–H groups in total. The van der Waals surface area contributed by atoms with Gasteiger partial charge in [-0.1, -0.05) is 30.3 Å². The number of benzene rings is 2. The van der Waals surface area contributed by atoms with E-state index in [4.69, 9.17) is 0 Å². The fourth-order valence-corrected chi connectivity index (χ4v) is 4.29. The predicted molar refractivity (Wildman–Crippen MR) is 123 cm³/mol. The van der Waals surface area contributed by atoms with Crippen LogP contribution in [0.2, 0.25) is 0 Å². The van der Waals surface area contributed by atoms with Gasteiger partial charge in [0.25, 0.3) is 5.91 Å². The lowest BCUT2D eigenvalue weighted by molar-refractivity contribution is 0.0947. The van der Waals surface area contributed by atoms with Gasteiger partial charge >= 0.3 is 0 Å². The number of aromatic nitrogens is 1. The van der Waals surface area contributed by atoms with E-state index in [0.29, 0.717) is 17.8 Å². The lowest BCUT2D eigenvalue weighted by atomic mass is 10.2. The molecule has 31 heavy (non-hydrogen) atoms. The van der Waals surface area contributed by atoms with Gasteiger partial charge in [-0.05, 0) is 44.2 Å². The zero-order valence-corrected chi connectivity index (χ0v) is 18.1. The normalized spacial score (nSPS) is 14.6. The van der Waals surface area contributed by atoms with E-state index in [-0.39, 0.29) is 11.7 Å². The SMILES string of the molecule is Cc1cc(C(=O)NCCN2CCN(c3ccccc3)CC2)c(C)n1-c1ccccc1F. The molecular weight excluding hydrogens is 391 g/mol. The Labute approximate surface area is 183 Å². The summed E-state index contributed by atoms with van der Waals surface area (Å²) in [6, 6.07) is 18.9. The topological polar surface area (TPSA) is 40.5 Å². The molecule has 0 atom stereocenters. The number of amides is 1. The second-order valence-electron chi connectivity index (χ2n) is 7.99. The van der Waals surface area contributed by atoms with E-state index in [9.17, 15) is 9.18 Å². The van der Waals surface area contributed by atoms with E-state index in [1.54, 1.807) is 22.8 Å². The first-order valence-corrected chi connectivity index (χ1v) is 10.8. The Kier molecular flexibility index (Phi) is 6.37. The van der Waals surface area contributed by atoms with Gasteiger partial charge in [0.1, 0.15) is 5.82 Å². The number of nitrogens with one attached hydrogen (secondary N) is 1. The van der Waals surface area contributed by atoms with E-state index in [1.807, 2.05) is 26.0 Å². The largest absolute Gasteiger partial charge is 0.369 e. The first-order chi connectivity index (χ1) is 15.0. The van der Waals surface area contributed by atoms with Crippen molar-refractivity contribution in [2.24, 2.45) is 0 Å². The predicted octanol–water partition coefficient (Wildman–Crippen LogP) is 3.79. The molecule has 0 unspecified atom stereocenters. The summed E-state index contributed by atoms with van der Waals surface area (Å²) < 4.78 is 16.1. The molecule has 6 heteroatoms. The quantitative estimate of drug-likeness (QED) is 0.660. The molecule has 1 saturated heterocycles. The van der Waals surface area contributed by atoms with Crippen LogP contribution in [-0.2, 0) is 0 Å². The van der Waals surface area contributed by atoms with E-state index < -0.39 is 0 Å². The van der Waals surface area contributed by atoms with Crippen LogP contribution < -0.4 is 10.2 Å². The van der Waals surface area contributed by atoms with Gasteiger partial charge in [-0.2, -0.15) is 0 Å². The average molecular weight is 421 g/mol. The minimum Gasteiger partial charge on any atom is -0.369 e. The van der Waals surface area contributed by atoms with Gasteiger partial charge in [-0.25, -0.2) is 4.39 Å². The van der Waals surface area contributed by atoms with Crippen LogP contribution >= 0.6 is 0 Å². The van der Waals surface area contributed by atoms with Crippen molar-refractivity contribution in [3.8, 4) is 5.69 Å². The number of carbonyl (C=O) groups excluding carboxylic acids is 1. The number of piperazine rings is 1. The fraction of sp³-hybridized carbons (Fsp3) is 0.320. The summed E-state index contributed by atoms with van der Waals surface area (Å²) in [5.74, 6) is -0.412. The highest BCUT2D eigenvalue weighted by molar-refractivity contribution is 5.95. The lowest BCUT2D eigenvalue weighted by Crippen LogP contribution is -2.48. The van der Waals surface area contributed by atoms with Gasteiger partial charge in [0.15, 0.2) is 0 Å². The number of nitrogens with zero attached hydrogens (tertiary/aromatic N) is 3. The van der Waals surface area contributed by atoms with Gasteiger partial charge in [-0.3, -0.25) is 9.69 Å². The molecule has 1 aliphatic rings. The summed E-state index contributed by atoms with van der Waals surface area (Å²) in [5, 5.41) is 3.04. The molecule has 0 saturated carbocycles. The number of aryl methyl sites for hydroxylation is 1. The van der Waals surface area contributed by atoms with E-state index in [1.165, 1.54) is 11.8 Å². The van der Waals surface area contributed by atoms with Crippen LogP contribution in [0.25, 0.3) is 5.69 Å². The Hall–Kier alpha value is -3.12. The van der Waals surface area contributed by atoms with Crippen molar-refractivity contribution in [1.29, 1.82) is 0 Å². The standard InChI is InChI=1S/C25H29FN4O/c1-19-18-22(20(2)30(19)24-11-7-6-10-23(24)26)25(31)27-12-13-28-14-16-29(17-15-28)21-8-4-3-5-9-21/h3-11,18H,12-17H2,1-2H3,(H,27,31). The summed E-state index contributed by atoms with van der Waals surface area (Å²) in [4.78, 5) is 17.6. The second kappa shape index (κ2) is 9.35. The number of halogens is 1. The monoisotopic (exact) mass is 420 g/mol. The van der Waals surface area contributed by atoms with Crippen molar-refractivity contribution < 1.29 is 9.18 Å². The molecule has 0 spiro atoms. The van der Waals surface area contributed by atoms with Crippen molar-refractivity contribution >= 4 is 11.6 Å². The minimum absolute atomic E-state index is 0.112. The first kappa shape index (κ1) is 21.1. The maximum absolute atomic E-state index is 14.3. The molecule has 4 rings (SSSR count). The molecular formula is C25H29FN4O. The highest BCUT2D eigenvalue weighted by Crippen LogP contribution is 2.23. The zero-order chi connectivity index (χ0) is 21.8. The first-order valence-electron chi connectivity index (χ1n) is 10.8. The maximum Gasteiger partial charge on any atom is 0.253 e. The van der Waals surface area contributed by atoms with Gasteiger partial charge in [0.05, 0.1) is 11.3 Å². The number of rotatable bonds is 6. The Balaban J connectivity index is 1.31. The highest BCUT2D eigenvalue weighted by Gasteiger charge is 2.20. The number of hydrogen-bond donors (Lipinski definition) is 1. The molecule has 162 valence electrons. The minimum atomic E-state index is -0.300. The van der Waals surface area contributed by atoms with Crippen molar-refractivity contribution in [3.05, 3.63) is 83.4 Å². The van der Waals surface area contributed by atoms with Gasteiger partial charge in [0.2, 0.25) is 0 Å². The molecule has 1 amide bonds. The van der Waals surface area contributed by atoms with Crippen LogP contribution in [0, 0.1) is 19.7 Å². The second-order valence-corrected chi connectivity index (χ2v) is 7.99. The lowest BCUT2D eigenvalue weighted by Gasteiger charge is -2.36. The van der Waals surface area contributed by atoms with E-state index in [0.717, 1.165) is 44.1 Å². The van der Waals surface area contributed by atoms with Crippen LogP contribution in [0.1, 0.15) is 21.7 Å². The molecule has 1 aliphatic heterocycles. The van der Waals surface area contributed by atoms with Crippen molar-refractivity contribution in [3.63, 3.8) is 0 Å². The summed E-state index contributed by atoms with van der Waals surface area (Å²) in [6.07, 6.45) is 0. The van der Waals surface area contributed by atoms with Crippen molar-refractivity contribution in [2.45, 2.75) is 13.8 Å². The summed E-state index contributed by atoms with van der Waals surface area (Å²) in [6.45, 7) is 9.09. The highest BCUT2D eigenvalue weighted by atomic mass is 19.1. The number of anilines is 1. The van der Waals surface area contributed by atoms with Crippen molar-refractivity contribution in [1.82, 2.24) is 14.8 Å². The van der Waals surface area contributed by atoms with Crippen LogP contribution in [0.4, 0.5) is 10.1 Å². The molecule has 0 bridgehead atoms. The fourth-order valence-electron chi connectivity index (χ4n) is 4.29. The molecule has 0 radical (unpaired) electrons. The van der Waals surface area contributed by atoms with Crippen LogP contribution in [0.5, 0.6) is 0 Å². The Bertz CT molecular complexity index is 1040. The summed E-state index contributed by atoms with van der Waals surface area (Å²) in [7, 11) is 0. The van der Waals surface area contributed by atoms with Gasteiger partial charge in [-0.15, -0.1) is 0 Å². The molecule has 0 aliphatic carbocycles. The number of para-hydroxylation sites is 2. The third kappa shape index (κ3) is 4.64. The van der Waals surface area contributed by atoms with E-state index >= 15 is 0 Å². The zero-order valence-electron chi connectivity index (χ0n) is 18.1. The number of carbonyl (C=O) groups is 1. The molecule has 2 aromatic carbocycles. The Morgan fingerprint density at radius 1 is 0.968 bits per heavy atom. The Morgan fingerprint density at radius 2 is 1.65 bits per heavy atom.